The molecule has 1 unspecified atom stereocenters. The van der Waals surface area contributed by atoms with E-state index in [1.807, 2.05) is 27.7 Å². The molecule has 0 bridgehead atoms. The molecule has 0 N–H and O–H groups in total. The molecule has 1 aliphatic carbocycles. The van der Waals surface area contributed by atoms with E-state index in [4.69, 9.17) is 9.47 Å². The molecule has 3 nitrogen and oxygen atoms in total. The second-order valence-electron chi connectivity index (χ2n) is 8.16. The average molecular weight is 304 g/mol. The summed E-state index contributed by atoms with van der Waals surface area (Å²) >= 11 is 0. The van der Waals surface area contributed by atoms with Crippen molar-refractivity contribution in [2.45, 2.75) is 60.2 Å². The van der Waals surface area contributed by atoms with Gasteiger partial charge in [-0.3, -0.25) is 4.79 Å². The Labute approximate surface area is 134 Å². The van der Waals surface area contributed by atoms with E-state index in [2.05, 4.69) is 32.0 Å². The highest BCUT2D eigenvalue weighted by Gasteiger charge is 2.53. The minimum Gasteiger partial charge on any atom is -0.453 e. The van der Waals surface area contributed by atoms with Crippen molar-refractivity contribution in [1.82, 2.24) is 0 Å². The Hall–Kier alpha value is -1.35. The van der Waals surface area contributed by atoms with Crippen LogP contribution in [0.15, 0.2) is 18.2 Å². The summed E-state index contributed by atoms with van der Waals surface area (Å²) in [5.41, 5.74) is 2.22. The number of carbonyl (C=O) groups is 1. The Morgan fingerprint density at radius 2 is 1.86 bits per heavy atom. The molecule has 0 fully saturated rings. The van der Waals surface area contributed by atoms with Gasteiger partial charge in [-0.2, -0.15) is 0 Å². The third-order valence-corrected chi connectivity index (χ3v) is 4.83. The van der Waals surface area contributed by atoms with Gasteiger partial charge in [-0.15, -0.1) is 0 Å². The molecule has 122 valence electrons. The van der Waals surface area contributed by atoms with Gasteiger partial charge in [-0.25, -0.2) is 0 Å². The van der Waals surface area contributed by atoms with Crippen molar-refractivity contribution in [2.75, 3.05) is 7.11 Å². The number of carbonyl (C=O) groups excluding carboxylic acids is 1. The van der Waals surface area contributed by atoms with Crippen LogP contribution in [0.4, 0.5) is 0 Å². The zero-order valence-corrected chi connectivity index (χ0v) is 14.9. The minimum atomic E-state index is -0.615. The normalized spacial score (nSPS) is 23.2. The lowest BCUT2D eigenvalue weighted by Gasteiger charge is -2.40. The van der Waals surface area contributed by atoms with E-state index in [1.165, 1.54) is 5.56 Å². The predicted octanol–water partition coefficient (Wildman–Crippen LogP) is 4.22. The van der Waals surface area contributed by atoms with Crippen LogP contribution in [0.5, 0.6) is 0 Å². The molecule has 2 rings (SSSR count). The van der Waals surface area contributed by atoms with E-state index in [0.29, 0.717) is 6.61 Å². The molecule has 3 heteroatoms. The number of esters is 1. The van der Waals surface area contributed by atoms with Crippen molar-refractivity contribution >= 4 is 5.97 Å². The van der Waals surface area contributed by atoms with Gasteiger partial charge in [0, 0.05) is 12.5 Å². The van der Waals surface area contributed by atoms with Gasteiger partial charge in [-0.1, -0.05) is 26.0 Å². The first-order valence-electron chi connectivity index (χ1n) is 7.86. The monoisotopic (exact) mass is 304 g/mol. The van der Waals surface area contributed by atoms with E-state index in [9.17, 15) is 4.79 Å². The molecule has 0 heterocycles. The lowest BCUT2D eigenvalue weighted by molar-refractivity contribution is -0.181. The fourth-order valence-corrected chi connectivity index (χ4v) is 3.02. The fraction of sp³-hybridized carbons (Fsp3) is 0.632. The summed E-state index contributed by atoms with van der Waals surface area (Å²) in [4.78, 5) is 12.5. The highest BCUT2D eigenvalue weighted by atomic mass is 16.6. The van der Waals surface area contributed by atoms with Crippen LogP contribution in [0, 0.1) is 10.8 Å². The zero-order chi connectivity index (χ0) is 16.8. The number of ether oxygens (including phenoxy) is 2. The highest BCUT2D eigenvalue weighted by molar-refractivity contribution is 5.76. The lowest BCUT2D eigenvalue weighted by Crippen LogP contribution is -2.42. The second kappa shape index (κ2) is 5.38. The van der Waals surface area contributed by atoms with E-state index >= 15 is 0 Å². The van der Waals surface area contributed by atoms with Crippen LogP contribution >= 0.6 is 0 Å². The molecule has 1 aromatic carbocycles. The number of benzene rings is 1. The molecule has 0 radical (unpaired) electrons. The smallest absolute Gasteiger partial charge is 0.312 e. The number of hydrogen-bond acceptors (Lipinski definition) is 3. The van der Waals surface area contributed by atoms with Gasteiger partial charge < -0.3 is 9.47 Å². The summed E-state index contributed by atoms with van der Waals surface area (Å²) in [5, 5.41) is 0. The molecule has 0 spiro atoms. The van der Waals surface area contributed by atoms with Crippen LogP contribution in [0.1, 0.15) is 58.2 Å². The standard InChI is InChI=1S/C19H28O3/c1-17(2,3)16(20)22-19(6)15-10-13(12-21-7)8-9-14(15)11-18(19,4)5/h8-10H,11-12H2,1-7H3. The van der Waals surface area contributed by atoms with Crippen LogP contribution in [0.2, 0.25) is 0 Å². The first kappa shape index (κ1) is 17.0. The van der Waals surface area contributed by atoms with Gasteiger partial charge in [0.15, 0.2) is 0 Å². The summed E-state index contributed by atoms with van der Waals surface area (Å²) in [7, 11) is 1.69. The Kier molecular flexibility index (Phi) is 4.16. The maximum Gasteiger partial charge on any atom is 0.312 e. The van der Waals surface area contributed by atoms with Gasteiger partial charge in [-0.05, 0) is 56.9 Å². The molecular weight excluding hydrogens is 276 g/mol. The van der Waals surface area contributed by atoms with Crippen LogP contribution in [0.3, 0.4) is 0 Å². The molecule has 22 heavy (non-hydrogen) atoms. The lowest BCUT2D eigenvalue weighted by atomic mass is 9.76. The van der Waals surface area contributed by atoms with Crippen molar-refractivity contribution < 1.29 is 14.3 Å². The van der Waals surface area contributed by atoms with Crippen LogP contribution in [-0.4, -0.2) is 13.1 Å². The highest BCUT2D eigenvalue weighted by Crippen LogP contribution is 2.53. The first-order chi connectivity index (χ1) is 10.0. The fourth-order valence-electron chi connectivity index (χ4n) is 3.02. The Bertz CT molecular complexity index is 581. The molecule has 0 saturated carbocycles. The third kappa shape index (κ3) is 2.79. The summed E-state index contributed by atoms with van der Waals surface area (Å²) in [6, 6.07) is 6.36. The topological polar surface area (TPSA) is 35.5 Å². The summed E-state index contributed by atoms with van der Waals surface area (Å²) in [6.07, 6.45) is 0.906. The molecule has 0 aliphatic heterocycles. The summed E-state index contributed by atoms with van der Waals surface area (Å²) in [6.45, 7) is 12.6. The number of fused-ring (bicyclic) bond motifs is 1. The Morgan fingerprint density at radius 3 is 2.41 bits per heavy atom. The van der Waals surface area contributed by atoms with Crippen molar-refractivity contribution in [3.63, 3.8) is 0 Å². The number of hydrogen-bond donors (Lipinski definition) is 0. The van der Waals surface area contributed by atoms with Gasteiger partial charge in [0.1, 0.15) is 5.60 Å². The van der Waals surface area contributed by atoms with E-state index in [-0.39, 0.29) is 11.4 Å². The van der Waals surface area contributed by atoms with Crippen molar-refractivity contribution in [1.29, 1.82) is 0 Å². The Morgan fingerprint density at radius 1 is 1.23 bits per heavy atom. The zero-order valence-electron chi connectivity index (χ0n) is 14.9. The molecule has 0 saturated heterocycles. The van der Waals surface area contributed by atoms with E-state index in [0.717, 1.165) is 17.5 Å². The SMILES string of the molecule is COCc1ccc2c(c1)C(C)(OC(=O)C(C)(C)C)C(C)(C)C2. The minimum absolute atomic E-state index is 0.137. The van der Waals surface area contributed by atoms with E-state index < -0.39 is 11.0 Å². The van der Waals surface area contributed by atoms with Crippen LogP contribution < -0.4 is 0 Å². The number of rotatable bonds is 3. The largest absolute Gasteiger partial charge is 0.453 e. The van der Waals surface area contributed by atoms with Gasteiger partial charge >= 0.3 is 5.97 Å². The van der Waals surface area contributed by atoms with E-state index in [1.54, 1.807) is 7.11 Å². The van der Waals surface area contributed by atoms with Gasteiger partial charge in [0.2, 0.25) is 0 Å². The maximum atomic E-state index is 12.5. The molecule has 1 atom stereocenters. The summed E-state index contributed by atoms with van der Waals surface area (Å²) < 4.78 is 11.3. The molecule has 0 amide bonds. The van der Waals surface area contributed by atoms with Gasteiger partial charge in [0.25, 0.3) is 0 Å². The number of methoxy groups -OCH3 is 1. The predicted molar refractivity (Wildman–Crippen MR) is 87.5 cm³/mol. The second-order valence-corrected chi connectivity index (χ2v) is 8.16. The quantitative estimate of drug-likeness (QED) is 0.784. The molecule has 1 aliphatic rings. The van der Waals surface area contributed by atoms with Gasteiger partial charge in [0.05, 0.1) is 12.0 Å². The molecular formula is C19H28O3. The summed E-state index contributed by atoms with van der Waals surface area (Å²) in [5.74, 6) is -0.159. The third-order valence-electron chi connectivity index (χ3n) is 4.83. The van der Waals surface area contributed by atoms with Crippen LogP contribution in [-0.2, 0) is 32.9 Å². The van der Waals surface area contributed by atoms with Crippen molar-refractivity contribution in [2.24, 2.45) is 10.8 Å². The molecule has 0 aromatic heterocycles. The van der Waals surface area contributed by atoms with Crippen LogP contribution in [0.25, 0.3) is 0 Å². The first-order valence-corrected chi connectivity index (χ1v) is 7.86. The molecule has 1 aromatic rings. The average Bonchev–Trinajstić information content (AvgIpc) is 2.57. The van der Waals surface area contributed by atoms with Crippen molar-refractivity contribution in [3.8, 4) is 0 Å². The van der Waals surface area contributed by atoms with Crippen molar-refractivity contribution in [3.05, 3.63) is 34.9 Å². The Balaban J connectivity index is 2.46. The maximum absolute atomic E-state index is 12.5.